The second kappa shape index (κ2) is 5.69. The largest absolute Gasteiger partial charge is 0.311 e. The molecule has 2 heterocycles. The Kier molecular flexibility index (Phi) is 3.72. The minimum atomic E-state index is -0.0276. The maximum atomic E-state index is 13.8. The molecule has 0 spiro atoms. The van der Waals surface area contributed by atoms with Gasteiger partial charge in [0.15, 0.2) is 0 Å². The van der Waals surface area contributed by atoms with E-state index in [0.717, 1.165) is 24.4 Å². The Morgan fingerprint density at radius 1 is 1.00 bits per heavy atom. The first-order chi connectivity index (χ1) is 10.3. The number of nitrogens with one attached hydrogen (secondary N) is 1. The molecule has 21 heavy (non-hydrogen) atoms. The van der Waals surface area contributed by atoms with Crippen LogP contribution in [0.15, 0.2) is 24.3 Å². The van der Waals surface area contributed by atoms with Gasteiger partial charge in [-0.2, -0.15) is 0 Å². The fourth-order valence-corrected chi connectivity index (χ4v) is 4.52. The maximum Gasteiger partial charge on any atom is 0.126 e. The van der Waals surface area contributed by atoms with Gasteiger partial charge in [0.1, 0.15) is 5.82 Å². The zero-order chi connectivity index (χ0) is 14.2. The Balaban J connectivity index is 1.28. The fraction of sp³-hybridized carbons (Fsp3) is 0.667. The smallest absolute Gasteiger partial charge is 0.126 e. The molecule has 2 atom stereocenters. The number of benzene rings is 1. The molecule has 0 radical (unpaired) electrons. The molecule has 1 N–H and O–H groups in total. The van der Waals surface area contributed by atoms with Crippen LogP contribution in [0.3, 0.4) is 0 Å². The van der Waals surface area contributed by atoms with E-state index < -0.39 is 0 Å². The highest BCUT2D eigenvalue weighted by Gasteiger charge is 2.36. The third-order valence-corrected chi connectivity index (χ3v) is 5.77. The van der Waals surface area contributed by atoms with Crippen LogP contribution in [0.1, 0.15) is 50.0 Å². The van der Waals surface area contributed by atoms with Gasteiger partial charge in [0.05, 0.1) is 0 Å². The predicted octanol–water partition coefficient (Wildman–Crippen LogP) is 3.29. The zero-order valence-electron chi connectivity index (χ0n) is 12.6. The van der Waals surface area contributed by atoms with E-state index in [2.05, 4.69) is 10.2 Å². The van der Waals surface area contributed by atoms with Crippen molar-refractivity contribution in [1.82, 2.24) is 10.2 Å². The van der Waals surface area contributed by atoms with E-state index in [1.54, 1.807) is 12.1 Å². The highest BCUT2D eigenvalue weighted by Crippen LogP contribution is 2.39. The third kappa shape index (κ3) is 2.74. The lowest BCUT2D eigenvalue weighted by Crippen LogP contribution is -2.51. The molecule has 1 aromatic carbocycles. The summed E-state index contributed by atoms with van der Waals surface area (Å²) in [6.45, 7) is 2.59. The molecule has 3 heteroatoms. The highest BCUT2D eigenvalue weighted by atomic mass is 19.1. The van der Waals surface area contributed by atoms with Crippen LogP contribution >= 0.6 is 0 Å². The minimum absolute atomic E-state index is 0.0276. The number of hydrogen-bond donors (Lipinski definition) is 1. The van der Waals surface area contributed by atoms with E-state index >= 15 is 0 Å². The molecule has 2 unspecified atom stereocenters. The summed E-state index contributed by atoms with van der Waals surface area (Å²) in [5, 5.41) is 3.84. The van der Waals surface area contributed by atoms with Gasteiger partial charge in [-0.3, -0.25) is 0 Å². The van der Waals surface area contributed by atoms with Crippen LogP contribution in [0.4, 0.5) is 4.39 Å². The molecule has 1 saturated carbocycles. The van der Waals surface area contributed by atoms with E-state index in [4.69, 9.17) is 0 Å². The molecule has 3 fully saturated rings. The Bertz CT molecular complexity index is 498. The van der Waals surface area contributed by atoms with Crippen LogP contribution in [0, 0.1) is 5.82 Å². The third-order valence-electron chi connectivity index (χ3n) is 5.77. The van der Waals surface area contributed by atoms with Crippen molar-refractivity contribution >= 4 is 0 Å². The van der Waals surface area contributed by atoms with Crippen molar-refractivity contribution in [3.05, 3.63) is 35.6 Å². The summed E-state index contributed by atoms with van der Waals surface area (Å²) < 4.78 is 13.8. The second-order valence-electron chi connectivity index (χ2n) is 7.11. The maximum absolute atomic E-state index is 13.8. The minimum Gasteiger partial charge on any atom is -0.311 e. The van der Waals surface area contributed by atoms with Crippen molar-refractivity contribution in [2.24, 2.45) is 0 Å². The fourth-order valence-electron chi connectivity index (χ4n) is 4.52. The van der Waals surface area contributed by atoms with E-state index in [0.29, 0.717) is 18.0 Å². The van der Waals surface area contributed by atoms with Gasteiger partial charge >= 0.3 is 0 Å². The number of rotatable bonds is 3. The molecule has 0 amide bonds. The number of piperidine rings is 1. The zero-order valence-corrected chi connectivity index (χ0v) is 12.6. The van der Waals surface area contributed by atoms with Crippen LogP contribution in [0.25, 0.3) is 0 Å². The molecule has 114 valence electrons. The van der Waals surface area contributed by atoms with Crippen LogP contribution in [0.2, 0.25) is 0 Å². The standard InChI is InChI=1S/C18H25FN2/c19-18-6-2-1-5-17(18)13-10-15(11-13)20-14-7-9-21-8-3-4-16(21)12-14/h1-2,5-6,13-16,20H,3-4,7-12H2. The Labute approximate surface area is 126 Å². The van der Waals surface area contributed by atoms with Crippen molar-refractivity contribution < 1.29 is 4.39 Å². The number of nitrogens with zero attached hydrogens (tertiary/aromatic N) is 1. The summed E-state index contributed by atoms with van der Waals surface area (Å²) >= 11 is 0. The van der Waals surface area contributed by atoms with E-state index in [1.807, 2.05) is 12.1 Å². The van der Waals surface area contributed by atoms with Gasteiger partial charge in [0.25, 0.3) is 0 Å². The first-order valence-electron chi connectivity index (χ1n) is 8.54. The van der Waals surface area contributed by atoms with Gasteiger partial charge in [-0.1, -0.05) is 18.2 Å². The van der Waals surface area contributed by atoms with Gasteiger partial charge in [-0.15, -0.1) is 0 Å². The van der Waals surface area contributed by atoms with Crippen molar-refractivity contribution in [3.63, 3.8) is 0 Å². The summed E-state index contributed by atoms with van der Waals surface area (Å²) in [6, 6.07) is 9.40. The van der Waals surface area contributed by atoms with E-state index in [1.165, 1.54) is 38.8 Å². The summed E-state index contributed by atoms with van der Waals surface area (Å²) in [7, 11) is 0. The molecule has 1 aliphatic carbocycles. The Morgan fingerprint density at radius 2 is 1.86 bits per heavy atom. The van der Waals surface area contributed by atoms with Crippen molar-refractivity contribution in [2.45, 2.75) is 62.6 Å². The second-order valence-corrected chi connectivity index (χ2v) is 7.11. The molecule has 2 saturated heterocycles. The monoisotopic (exact) mass is 288 g/mol. The van der Waals surface area contributed by atoms with Gasteiger partial charge < -0.3 is 10.2 Å². The van der Waals surface area contributed by atoms with Crippen LogP contribution < -0.4 is 5.32 Å². The van der Waals surface area contributed by atoms with Crippen molar-refractivity contribution in [3.8, 4) is 0 Å². The first-order valence-corrected chi connectivity index (χ1v) is 8.54. The van der Waals surface area contributed by atoms with Crippen molar-refractivity contribution in [1.29, 1.82) is 0 Å². The lowest BCUT2D eigenvalue weighted by atomic mass is 9.75. The first kappa shape index (κ1) is 13.7. The van der Waals surface area contributed by atoms with E-state index in [9.17, 15) is 4.39 Å². The topological polar surface area (TPSA) is 15.3 Å². The lowest BCUT2D eigenvalue weighted by Gasteiger charge is -2.42. The van der Waals surface area contributed by atoms with Crippen LogP contribution in [0.5, 0.6) is 0 Å². The quantitative estimate of drug-likeness (QED) is 0.918. The molecule has 3 aliphatic rings. The average Bonchev–Trinajstić information content (AvgIpc) is 2.91. The molecule has 1 aromatic rings. The van der Waals surface area contributed by atoms with Gasteiger partial charge in [-0.25, -0.2) is 4.39 Å². The number of fused-ring (bicyclic) bond motifs is 1. The average molecular weight is 288 g/mol. The van der Waals surface area contributed by atoms with Gasteiger partial charge in [-0.05, 0) is 69.2 Å². The predicted molar refractivity (Wildman–Crippen MR) is 82.9 cm³/mol. The normalized spacial score (nSPS) is 36.2. The molecule has 2 nitrogen and oxygen atoms in total. The molecule has 0 bridgehead atoms. The Hall–Kier alpha value is -0.930. The highest BCUT2D eigenvalue weighted by molar-refractivity contribution is 5.24. The number of hydrogen-bond acceptors (Lipinski definition) is 2. The summed E-state index contributed by atoms with van der Waals surface area (Å²) in [5.41, 5.74) is 0.918. The van der Waals surface area contributed by atoms with Crippen LogP contribution in [-0.2, 0) is 0 Å². The lowest BCUT2D eigenvalue weighted by molar-refractivity contribution is 0.145. The summed E-state index contributed by atoms with van der Waals surface area (Å²) in [6.07, 6.45) is 7.59. The van der Waals surface area contributed by atoms with Crippen molar-refractivity contribution in [2.75, 3.05) is 13.1 Å². The molecular formula is C18H25FN2. The Morgan fingerprint density at radius 3 is 2.71 bits per heavy atom. The molecule has 4 rings (SSSR count). The van der Waals surface area contributed by atoms with Gasteiger partial charge in [0, 0.05) is 18.1 Å². The molecular weight excluding hydrogens is 263 g/mol. The number of halogens is 1. The molecule has 2 aliphatic heterocycles. The summed E-state index contributed by atoms with van der Waals surface area (Å²) in [4.78, 5) is 2.67. The SMILES string of the molecule is Fc1ccccc1C1CC(NC2CCN3CCCC3C2)C1. The molecule has 0 aromatic heterocycles. The summed E-state index contributed by atoms with van der Waals surface area (Å²) in [5.74, 6) is 0.399. The van der Waals surface area contributed by atoms with E-state index in [-0.39, 0.29) is 5.82 Å². The van der Waals surface area contributed by atoms with Gasteiger partial charge in [0.2, 0.25) is 0 Å². The van der Waals surface area contributed by atoms with Crippen LogP contribution in [-0.4, -0.2) is 36.1 Å².